The lowest BCUT2D eigenvalue weighted by atomic mass is 10.1. The van der Waals surface area contributed by atoms with E-state index in [1.165, 1.54) is 56.3 Å². The Labute approximate surface area is 177 Å². The lowest BCUT2D eigenvalue weighted by molar-refractivity contribution is 0.114. The maximum absolute atomic E-state index is 5.64. The third kappa shape index (κ3) is 7.00. The molecule has 5 heteroatoms. The Morgan fingerprint density at radius 2 is 1.83 bits per heavy atom. The van der Waals surface area contributed by atoms with Crippen LogP contribution in [0, 0.1) is 5.92 Å². The smallest absolute Gasteiger partial charge is 0.194 e. The largest absolute Gasteiger partial charge is 0.381 e. The number of nitrogens with zero attached hydrogens (tertiary/aromatic N) is 3. The maximum atomic E-state index is 5.64. The van der Waals surface area contributed by atoms with Crippen molar-refractivity contribution >= 4 is 5.96 Å². The van der Waals surface area contributed by atoms with Gasteiger partial charge in [0, 0.05) is 38.7 Å². The van der Waals surface area contributed by atoms with Crippen LogP contribution in [0.4, 0.5) is 0 Å². The first-order valence-electron chi connectivity index (χ1n) is 11.7. The molecule has 1 aromatic carbocycles. The van der Waals surface area contributed by atoms with Crippen LogP contribution in [-0.2, 0) is 17.8 Å². The van der Waals surface area contributed by atoms with E-state index in [4.69, 9.17) is 9.73 Å². The molecule has 3 rings (SSSR count). The summed E-state index contributed by atoms with van der Waals surface area (Å²) >= 11 is 0. The van der Waals surface area contributed by atoms with Crippen LogP contribution in [0.25, 0.3) is 0 Å². The molecule has 0 aromatic heterocycles. The van der Waals surface area contributed by atoms with Gasteiger partial charge in [0.1, 0.15) is 0 Å². The predicted octanol–water partition coefficient (Wildman–Crippen LogP) is 3.89. The molecule has 0 spiro atoms. The highest BCUT2D eigenvalue weighted by Gasteiger charge is 2.25. The molecule has 2 heterocycles. The monoisotopic (exact) mass is 400 g/mol. The van der Waals surface area contributed by atoms with Crippen molar-refractivity contribution in [2.45, 2.75) is 59.0 Å². The van der Waals surface area contributed by atoms with Crippen molar-refractivity contribution < 1.29 is 4.74 Å². The van der Waals surface area contributed by atoms with Crippen LogP contribution < -0.4 is 5.32 Å². The van der Waals surface area contributed by atoms with Crippen LogP contribution in [0.5, 0.6) is 0 Å². The molecule has 2 aliphatic heterocycles. The Bertz CT molecular complexity index is 625. The highest BCUT2D eigenvalue weighted by Crippen LogP contribution is 2.19. The fourth-order valence-corrected chi connectivity index (χ4v) is 4.43. The Morgan fingerprint density at radius 1 is 1.07 bits per heavy atom. The molecule has 2 aliphatic rings. The first kappa shape index (κ1) is 22.1. The highest BCUT2D eigenvalue weighted by atomic mass is 16.5. The molecule has 1 unspecified atom stereocenters. The molecule has 29 heavy (non-hydrogen) atoms. The number of likely N-dealkylation sites (tertiary alicyclic amines) is 2. The van der Waals surface area contributed by atoms with E-state index in [0.29, 0.717) is 5.92 Å². The van der Waals surface area contributed by atoms with Crippen LogP contribution in [0.3, 0.4) is 0 Å². The number of guanidine groups is 1. The standard InChI is InChI=1S/C24H40N4O/c1-3-25-24(28-16-13-21(18-28)20-29-4-2)26-17-22-11-7-8-12-23(22)19-27-14-9-5-6-10-15-27/h7-8,11-12,21H,3-6,9-10,13-20H2,1-2H3,(H,25,26). The minimum atomic E-state index is 0.620. The third-order valence-corrected chi connectivity index (χ3v) is 6.09. The van der Waals surface area contributed by atoms with E-state index in [9.17, 15) is 0 Å². The van der Waals surface area contributed by atoms with Gasteiger partial charge in [-0.3, -0.25) is 4.90 Å². The number of nitrogens with one attached hydrogen (secondary N) is 1. The summed E-state index contributed by atoms with van der Waals surface area (Å²) in [7, 11) is 0. The molecular weight excluding hydrogens is 360 g/mol. The molecule has 1 N–H and O–H groups in total. The topological polar surface area (TPSA) is 40.1 Å². The first-order valence-corrected chi connectivity index (χ1v) is 11.7. The maximum Gasteiger partial charge on any atom is 0.194 e. The molecule has 0 aliphatic carbocycles. The van der Waals surface area contributed by atoms with Gasteiger partial charge in [0.25, 0.3) is 0 Å². The molecule has 2 fully saturated rings. The minimum Gasteiger partial charge on any atom is -0.381 e. The summed E-state index contributed by atoms with van der Waals surface area (Å²) in [5, 5.41) is 3.51. The highest BCUT2D eigenvalue weighted by molar-refractivity contribution is 5.80. The summed E-state index contributed by atoms with van der Waals surface area (Å²) in [6.45, 7) is 13.2. The average Bonchev–Trinajstić information content (AvgIpc) is 3.06. The summed E-state index contributed by atoms with van der Waals surface area (Å²) in [4.78, 5) is 10.1. The van der Waals surface area contributed by atoms with Gasteiger partial charge in [0.2, 0.25) is 0 Å². The normalized spacial score (nSPS) is 21.4. The van der Waals surface area contributed by atoms with E-state index in [2.05, 4.69) is 53.2 Å². The van der Waals surface area contributed by atoms with Gasteiger partial charge in [-0.2, -0.15) is 0 Å². The van der Waals surface area contributed by atoms with E-state index in [1.807, 2.05) is 0 Å². The molecular formula is C24H40N4O. The molecule has 1 aromatic rings. The van der Waals surface area contributed by atoms with E-state index in [1.54, 1.807) is 0 Å². The Hall–Kier alpha value is -1.59. The Morgan fingerprint density at radius 3 is 2.55 bits per heavy atom. The Kier molecular flexibility index (Phi) is 9.29. The van der Waals surface area contributed by atoms with Crippen molar-refractivity contribution in [3.8, 4) is 0 Å². The van der Waals surface area contributed by atoms with Gasteiger partial charge in [0.15, 0.2) is 5.96 Å². The summed E-state index contributed by atoms with van der Waals surface area (Å²) in [5.74, 6) is 1.67. The lowest BCUT2D eigenvalue weighted by Gasteiger charge is -2.23. The second kappa shape index (κ2) is 12.2. The molecule has 5 nitrogen and oxygen atoms in total. The number of benzene rings is 1. The van der Waals surface area contributed by atoms with Crippen LogP contribution >= 0.6 is 0 Å². The lowest BCUT2D eigenvalue weighted by Crippen LogP contribution is -2.40. The number of ether oxygens (including phenoxy) is 1. The number of hydrogen-bond donors (Lipinski definition) is 1. The quantitative estimate of drug-likeness (QED) is 0.531. The van der Waals surface area contributed by atoms with Gasteiger partial charge in [-0.15, -0.1) is 0 Å². The summed E-state index contributed by atoms with van der Waals surface area (Å²) in [5.41, 5.74) is 2.79. The van der Waals surface area contributed by atoms with Crippen molar-refractivity contribution in [3.63, 3.8) is 0 Å². The van der Waals surface area contributed by atoms with E-state index < -0.39 is 0 Å². The number of aliphatic imine (C=N–C) groups is 1. The van der Waals surface area contributed by atoms with Gasteiger partial charge in [-0.05, 0) is 57.3 Å². The van der Waals surface area contributed by atoms with Crippen molar-refractivity contribution in [1.82, 2.24) is 15.1 Å². The molecule has 0 bridgehead atoms. The van der Waals surface area contributed by atoms with Crippen molar-refractivity contribution in [2.75, 3.05) is 45.9 Å². The zero-order valence-corrected chi connectivity index (χ0v) is 18.5. The predicted molar refractivity (Wildman–Crippen MR) is 121 cm³/mol. The van der Waals surface area contributed by atoms with Crippen molar-refractivity contribution in [3.05, 3.63) is 35.4 Å². The fraction of sp³-hybridized carbons (Fsp3) is 0.708. The molecule has 0 radical (unpaired) electrons. The van der Waals surface area contributed by atoms with E-state index in [0.717, 1.165) is 51.9 Å². The van der Waals surface area contributed by atoms with Crippen LogP contribution in [0.2, 0.25) is 0 Å². The second-order valence-corrected chi connectivity index (χ2v) is 8.39. The second-order valence-electron chi connectivity index (χ2n) is 8.39. The number of hydrogen-bond acceptors (Lipinski definition) is 3. The van der Waals surface area contributed by atoms with Gasteiger partial charge in [-0.1, -0.05) is 37.1 Å². The van der Waals surface area contributed by atoms with E-state index >= 15 is 0 Å². The van der Waals surface area contributed by atoms with Crippen LogP contribution in [0.1, 0.15) is 57.1 Å². The van der Waals surface area contributed by atoms with Gasteiger partial charge < -0.3 is 15.0 Å². The minimum absolute atomic E-state index is 0.620. The summed E-state index contributed by atoms with van der Waals surface area (Å²) < 4.78 is 5.64. The first-order chi connectivity index (χ1) is 14.3. The van der Waals surface area contributed by atoms with Crippen LogP contribution in [-0.4, -0.2) is 61.7 Å². The van der Waals surface area contributed by atoms with Crippen LogP contribution in [0.15, 0.2) is 29.3 Å². The summed E-state index contributed by atoms with van der Waals surface area (Å²) in [6.07, 6.45) is 6.63. The average molecular weight is 401 g/mol. The third-order valence-electron chi connectivity index (χ3n) is 6.09. The molecule has 0 amide bonds. The molecule has 162 valence electrons. The van der Waals surface area contributed by atoms with Gasteiger partial charge >= 0.3 is 0 Å². The Balaban J connectivity index is 1.63. The zero-order valence-electron chi connectivity index (χ0n) is 18.5. The number of rotatable bonds is 8. The van der Waals surface area contributed by atoms with E-state index in [-0.39, 0.29) is 0 Å². The van der Waals surface area contributed by atoms with Gasteiger partial charge in [0.05, 0.1) is 13.2 Å². The summed E-state index contributed by atoms with van der Waals surface area (Å²) in [6, 6.07) is 8.86. The molecule has 0 saturated carbocycles. The van der Waals surface area contributed by atoms with Gasteiger partial charge in [-0.25, -0.2) is 4.99 Å². The zero-order chi connectivity index (χ0) is 20.3. The SMILES string of the molecule is CCNC(=NCc1ccccc1CN1CCCCCC1)N1CCC(COCC)C1. The van der Waals surface area contributed by atoms with Crippen molar-refractivity contribution in [1.29, 1.82) is 0 Å². The van der Waals surface area contributed by atoms with Crippen molar-refractivity contribution in [2.24, 2.45) is 10.9 Å². The fourth-order valence-electron chi connectivity index (χ4n) is 4.43. The molecule has 2 saturated heterocycles. The molecule has 1 atom stereocenters.